The first kappa shape index (κ1) is 12.0. The van der Waals surface area contributed by atoms with Gasteiger partial charge in [-0.2, -0.15) is 0 Å². The van der Waals surface area contributed by atoms with Gasteiger partial charge in [0.1, 0.15) is 4.88 Å². The van der Waals surface area contributed by atoms with Crippen LogP contribution in [0.15, 0.2) is 0 Å². The number of nitrogen functional groups attached to an aromatic ring is 1. The van der Waals surface area contributed by atoms with E-state index in [9.17, 15) is 4.79 Å². The van der Waals surface area contributed by atoms with E-state index in [-0.39, 0.29) is 5.91 Å². The Hall–Kier alpha value is -1.10. The molecule has 1 amide bonds. The predicted octanol–water partition coefficient (Wildman–Crippen LogP) is 1.81. The second kappa shape index (κ2) is 5.11. The number of rotatable bonds is 4. The fraction of sp³-hybridized carbons (Fsp3) is 0.600. The molecular formula is C10H17N3OS. The lowest BCUT2D eigenvalue weighted by molar-refractivity contribution is 0.0955. The number of amides is 1. The van der Waals surface area contributed by atoms with Gasteiger partial charge in [-0.3, -0.25) is 4.79 Å². The molecule has 0 saturated heterocycles. The molecule has 0 aliphatic carbocycles. The van der Waals surface area contributed by atoms with Gasteiger partial charge in [0, 0.05) is 6.54 Å². The highest BCUT2D eigenvalue weighted by Gasteiger charge is 2.13. The quantitative estimate of drug-likeness (QED) is 0.824. The summed E-state index contributed by atoms with van der Waals surface area (Å²) in [6.07, 6.45) is 0.985. The number of carbonyl (C=O) groups excluding carboxylic acids is 1. The molecule has 1 aromatic rings. The SMILES string of the molecule is Cc1nc(N)sc1C(=O)NCCC(C)C. The Morgan fingerprint density at radius 3 is 2.73 bits per heavy atom. The maximum absolute atomic E-state index is 11.7. The van der Waals surface area contributed by atoms with E-state index < -0.39 is 0 Å². The Kier molecular flexibility index (Phi) is 4.08. The Morgan fingerprint density at radius 1 is 1.60 bits per heavy atom. The molecule has 3 N–H and O–H groups in total. The number of hydrogen-bond donors (Lipinski definition) is 2. The van der Waals surface area contributed by atoms with E-state index in [0.717, 1.165) is 6.42 Å². The van der Waals surface area contributed by atoms with Crippen molar-refractivity contribution < 1.29 is 4.79 Å². The number of nitrogens with two attached hydrogens (primary N) is 1. The van der Waals surface area contributed by atoms with Gasteiger partial charge in [-0.25, -0.2) is 4.98 Å². The average molecular weight is 227 g/mol. The molecule has 0 unspecified atom stereocenters. The van der Waals surface area contributed by atoms with Gasteiger partial charge in [0.25, 0.3) is 5.91 Å². The van der Waals surface area contributed by atoms with Crippen molar-refractivity contribution in [1.29, 1.82) is 0 Å². The van der Waals surface area contributed by atoms with Crippen molar-refractivity contribution in [3.63, 3.8) is 0 Å². The first-order chi connectivity index (χ1) is 7.00. The second-order valence-electron chi connectivity index (χ2n) is 3.91. The molecule has 0 aromatic carbocycles. The van der Waals surface area contributed by atoms with Crippen molar-refractivity contribution in [2.24, 2.45) is 5.92 Å². The molecule has 1 rings (SSSR count). The third-order valence-electron chi connectivity index (χ3n) is 2.03. The summed E-state index contributed by atoms with van der Waals surface area (Å²) >= 11 is 1.24. The lowest BCUT2D eigenvalue weighted by atomic mass is 10.1. The smallest absolute Gasteiger partial charge is 0.263 e. The summed E-state index contributed by atoms with van der Waals surface area (Å²) in [4.78, 5) is 16.3. The van der Waals surface area contributed by atoms with E-state index in [0.29, 0.717) is 28.2 Å². The summed E-state index contributed by atoms with van der Waals surface area (Å²) in [5.74, 6) is 0.528. The van der Waals surface area contributed by atoms with E-state index in [1.165, 1.54) is 11.3 Å². The van der Waals surface area contributed by atoms with E-state index in [1.807, 2.05) is 0 Å². The lowest BCUT2D eigenvalue weighted by Crippen LogP contribution is -2.25. The van der Waals surface area contributed by atoms with E-state index >= 15 is 0 Å². The summed E-state index contributed by atoms with van der Waals surface area (Å²) in [5, 5.41) is 3.31. The molecule has 84 valence electrons. The number of hydrogen-bond acceptors (Lipinski definition) is 4. The highest BCUT2D eigenvalue weighted by molar-refractivity contribution is 7.17. The Morgan fingerprint density at radius 2 is 2.27 bits per heavy atom. The molecule has 0 spiro atoms. The van der Waals surface area contributed by atoms with E-state index in [4.69, 9.17) is 5.73 Å². The molecule has 1 heterocycles. The van der Waals surface area contributed by atoms with Crippen LogP contribution in [0.4, 0.5) is 5.13 Å². The number of aromatic nitrogens is 1. The third kappa shape index (κ3) is 3.51. The molecule has 0 saturated carbocycles. The van der Waals surface area contributed by atoms with Crippen molar-refractivity contribution in [1.82, 2.24) is 10.3 Å². The van der Waals surface area contributed by atoms with E-state index in [1.54, 1.807) is 6.92 Å². The van der Waals surface area contributed by atoms with Crippen LogP contribution < -0.4 is 11.1 Å². The van der Waals surface area contributed by atoms with Crippen LogP contribution in [-0.2, 0) is 0 Å². The minimum absolute atomic E-state index is 0.0673. The molecule has 15 heavy (non-hydrogen) atoms. The number of carbonyl (C=O) groups is 1. The zero-order valence-corrected chi connectivity index (χ0v) is 10.1. The summed E-state index contributed by atoms with van der Waals surface area (Å²) in [6, 6.07) is 0. The number of aryl methyl sites for hydroxylation is 1. The van der Waals surface area contributed by atoms with Crippen molar-refractivity contribution in [3.8, 4) is 0 Å². The number of nitrogens with zero attached hydrogens (tertiary/aromatic N) is 1. The molecule has 0 radical (unpaired) electrons. The van der Waals surface area contributed by atoms with Gasteiger partial charge in [-0.05, 0) is 19.3 Å². The molecule has 5 heteroatoms. The number of thiazole rings is 1. The topological polar surface area (TPSA) is 68.0 Å². The average Bonchev–Trinajstić information content (AvgIpc) is 2.44. The number of anilines is 1. The molecule has 0 bridgehead atoms. The molecule has 0 atom stereocenters. The molecule has 0 aliphatic rings. The molecule has 1 aromatic heterocycles. The van der Waals surface area contributed by atoms with Gasteiger partial charge >= 0.3 is 0 Å². The minimum atomic E-state index is -0.0673. The predicted molar refractivity (Wildman–Crippen MR) is 63.1 cm³/mol. The maximum atomic E-state index is 11.7. The lowest BCUT2D eigenvalue weighted by Gasteiger charge is -2.05. The Labute approximate surface area is 93.9 Å². The van der Waals surface area contributed by atoms with Gasteiger partial charge < -0.3 is 11.1 Å². The fourth-order valence-electron chi connectivity index (χ4n) is 1.18. The van der Waals surface area contributed by atoms with Crippen LogP contribution in [0.5, 0.6) is 0 Å². The summed E-state index contributed by atoms with van der Waals surface area (Å²) < 4.78 is 0. The van der Waals surface area contributed by atoms with Gasteiger partial charge in [-0.15, -0.1) is 0 Å². The Balaban J connectivity index is 2.50. The monoisotopic (exact) mass is 227 g/mol. The van der Waals surface area contributed by atoms with Crippen molar-refractivity contribution in [2.75, 3.05) is 12.3 Å². The van der Waals surface area contributed by atoms with Crippen LogP contribution in [0.1, 0.15) is 35.6 Å². The van der Waals surface area contributed by atoms with Crippen LogP contribution in [0.2, 0.25) is 0 Å². The van der Waals surface area contributed by atoms with Crippen LogP contribution in [0.3, 0.4) is 0 Å². The first-order valence-electron chi connectivity index (χ1n) is 5.01. The van der Waals surface area contributed by atoms with Gasteiger partial charge in [0.2, 0.25) is 0 Å². The van der Waals surface area contributed by atoms with Gasteiger partial charge in [0.15, 0.2) is 5.13 Å². The van der Waals surface area contributed by atoms with Crippen molar-refractivity contribution in [2.45, 2.75) is 27.2 Å². The summed E-state index contributed by atoms with van der Waals surface area (Å²) in [6.45, 7) is 6.75. The third-order valence-corrected chi connectivity index (χ3v) is 3.01. The Bertz CT molecular complexity index is 346. The van der Waals surface area contributed by atoms with Crippen LogP contribution >= 0.6 is 11.3 Å². The highest BCUT2D eigenvalue weighted by Crippen LogP contribution is 2.19. The molecule has 0 aliphatic heterocycles. The fourth-order valence-corrected chi connectivity index (χ4v) is 1.93. The van der Waals surface area contributed by atoms with Crippen LogP contribution in [-0.4, -0.2) is 17.4 Å². The summed E-state index contributed by atoms with van der Waals surface area (Å²) in [5.41, 5.74) is 6.23. The van der Waals surface area contributed by atoms with Crippen LogP contribution in [0.25, 0.3) is 0 Å². The normalized spacial score (nSPS) is 10.7. The zero-order chi connectivity index (χ0) is 11.4. The maximum Gasteiger partial charge on any atom is 0.263 e. The van der Waals surface area contributed by atoms with Gasteiger partial charge in [-0.1, -0.05) is 25.2 Å². The van der Waals surface area contributed by atoms with E-state index in [2.05, 4.69) is 24.1 Å². The standard InChI is InChI=1S/C10H17N3OS/c1-6(2)4-5-12-9(14)8-7(3)13-10(11)15-8/h6H,4-5H2,1-3H3,(H2,11,13)(H,12,14). The van der Waals surface area contributed by atoms with Crippen molar-refractivity contribution >= 4 is 22.4 Å². The van der Waals surface area contributed by atoms with Crippen LogP contribution in [0, 0.1) is 12.8 Å². The molecule has 4 nitrogen and oxygen atoms in total. The summed E-state index contributed by atoms with van der Waals surface area (Å²) in [7, 11) is 0. The largest absolute Gasteiger partial charge is 0.375 e. The minimum Gasteiger partial charge on any atom is -0.375 e. The zero-order valence-electron chi connectivity index (χ0n) is 9.33. The second-order valence-corrected chi connectivity index (χ2v) is 4.94. The molecule has 0 fully saturated rings. The number of nitrogens with one attached hydrogen (secondary N) is 1. The van der Waals surface area contributed by atoms with Gasteiger partial charge in [0.05, 0.1) is 5.69 Å². The molecular weight excluding hydrogens is 210 g/mol. The first-order valence-corrected chi connectivity index (χ1v) is 5.83. The highest BCUT2D eigenvalue weighted by atomic mass is 32.1. The van der Waals surface area contributed by atoms with Crippen molar-refractivity contribution in [3.05, 3.63) is 10.6 Å².